The van der Waals surface area contributed by atoms with Crippen LogP contribution in [0, 0.1) is 5.92 Å². The number of fused-ring (bicyclic) bond motifs is 1. The van der Waals surface area contributed by atoms with Gasteiger partial charge in [-0.15, -0.1) is 0 Å². The number of piperidine rings is 1. The minimum atomic E-state index is -1.21. The quantitative estimate of drug-likeness (QED) is 0.419. The number of likely N-dealkylation sites (tertiary alicyclic amines) is 1. The van der Waals surface area contributed by atoms with Crippen LogP contribution in [0.15, 0.2) is 66.7 Å². The lowest BCUT2D eigenvalue weighted by Gasteiger charge is -2.33. The monoisotopic (exact) mass is 536 g/mol. The number of benzene rings is 3. The van der Waals surface area contributed by atoms with E-state index in [0.29, 0.717) is 59.3 Å². The first-order valence-electron chi connectivity index (χ1n) is 12.1. The first-order valence-corrected chi connectivity index (χ1v) is 12.8. The van der Waals surface area contributed by atoms with Crippen molar-refractivity contribution in [2.45, 2.75) is 24.8 Å². The van der Waals surface area contributed by atoms with Gasteiger partial charge in [0.1, 0.15) is 5.54 Å². The number of nitrogens with zero attached hydrogens (tertiary/aromatic N) is 1. The molecule has 0 bridgehead atoms. The van der Waals surface area contributed by atoms with Crippen molar-refractivity contribution in [2.24, 2.45) is 11.7 Å². The summed E-state index contributed by atoms with van der Waals surface area (Å²) in [6, 6.07) is 19.8. The van der Waals surface area contributed by atoms with Gasteiger partial charge in [0, 0.05) is 52.4 Å². The van der Waals surface area contributed by atoms with Crippen molar-refractivity contribution in [2.75, 3.05) is 23.7 Å². The molecule has 2 heterocycles. The number of anilines is 2. The molecule has 1 atom stereocenters. The Balaban J connectivity index is 1.52. The third kappa shape index (κ3) is 4.89. The van der Waals surface area contributed by atoms with Gasteiger partial charge in [-0.1, -0.05) is 53.5 Å². The molecule has 4 N–H and O–H groups in total. The van der Waals surface area contributed by atoms with Crippen LogP contribution in [-0.2, 0) is 21.5 Å². The van der Waals surface area contributed by atoms with Crippen LogP contribution >= 0.6 is 23.2 Å². The first kappa shape index (κ1) is 25.1. The summed E-state index contributed by atoms with van der Waals surface area (Å²) in [5.74, 6) is -0.972. The van der Waals surface area contributed by atoms with E-state index in [1.165, 1.54) is 0 Å². The molecule has 3 amide bonds. The van der Waals surface area contributed by atoms with E-state index in [-0.39, 0.29) is 23.6 Å². The lowest BCUT2D eigenvalue weighted by atomic mass is 9.84. The highest BCUT2D eigenvalue weighted by Gasteiger charge is 2.47. The molecule has 0 aromatic heterocycles. The Morgan fingerprint density at radius 2 is 1.73 bits per heavy atom. The molecule has 2 aliphatic heterocycles. The second kappa shape index (κ2) is 10.1. The zero-order valence-corrected chi connectivity index (χ0v) is 21.5. The average molecular weight is 537 g/mol. The van der Waals surface area contributed by atoms with Gasteiger partial charge in [0.15, 0.2) is 0 Å². The molecule has 1 saturated heterocycles. The van der Waals surface area contributed by atoms with Crippen molar-refractivity contribution < 1.29 is 14.4 Å². The molecule has 0 saturated carbocycles. The number of halogens is 2. The van der Waals surface area contributed by atoms with Crippen molar-refractivity contribution in [1.82, 2.24) is 4.90 Å². The van der Waals surface area contributed by atoms with E-state index in [2.05, 4.69) is 10.6 Å². The summed E-state index contributed by atoms with van der Waals surface area (Å²) < 4.78 is 0. The molecule has 0 spiro atoms. The molecule has 0 radical (unpaired) electrons. The normalized spacial score (nSPS) is 19.3. The number of rotatable bonds is 6. The van der Waals surface area contributed by atoms with Crippen LogP contribution < -0.4 is 16.4 Å². The van der Waals surface area contributed by atoms with Crippen LogP contribution in [-0.4, -0.2) is 35.7 Å². The Bertz CT molecular complexity index is 1390. The number of hydrogen-bond acceptors (Lipinski definition) is 4. The molecule has 1 unspecified atom stereocenters. The van der Waals surface area contributed by atoms with Crippen LogP contribution in [0.2, 0.25) is 10.0 Å². The minimum Gasteiger partial charge on any atom is -0.369 e. The Hall–Kier alpha value is -3.55. The van der Waals surface area contributed by atoms with Crippen LogP contribution in [0.25, 0.3) is 0 Å². The maximum atomic E-state index is 13.7. The Kier molecular flexibility index (Phi) is 6.84. The molecular weight excluding hydrogens is 511 g/mol. The molecule has 5 rings (SSSR count). The smallest absolute Gasteiger partial charge is 0.255 e. The number of nitrogens with two attached hydrogens (primary N) is 1. The second-order valence-corrected chi connectivity index (χ2v) is 10.4. The summed E-state index contributed by atoms with van der Waals surface area (Å²) in [4.78, 5) is 40.5. The highest BCUT2D eigenvalue weighted by molar-refractivity contribution is 6.31. The highest BCUT2D eigenvalue weighted by Crippen LogP contribution is 2.43. The lowest BCUT2D eigenvalue weighted by molar-refractivity contribution is -0.123. The number of carbonyl (C=O) groups excluding carboxylic acids is 3. The number of para-hydroxylation sites is 1. The number of primary amides is 1. The molecule has 7 nitrogen and oxygen atoms in total. The van der Waals surface area contributed by atoms with E-state index in [9.17, 15) is 14.4 Å². The Labute approximate surface area is 224 Å². The van der Waals surface area contributed by atoms with Crippen molar-refractivity contribution in [3.63, 3.8) is 0 Å². The van der Waals surface area contributed by atoms with Crippen molar-refractivity contribution in [3.05, 3.63) is 93.5 Å². The zero-order chi connectivity index (χ0) is 26.2. The van der Waals surface area contributed by atoms with E-state index in [1.54, 1.807) is 41.3 Å². The van der Waals surface area contributed by atoms with Crippen molar-refractivity contribution in [1.29, 1.82) is 0 Å². The maximum absolute atomic E-state index is 13.7. The number of carbonyl (C=O) groups is 3. The molecule has 2 aliphatic rings. The van der Waals surface area contributed by atoms with Crippen LogP contribution in [0.5, 0.6) is 0 Å². The fourth-order valence-corrected chi connectivity index (χ4v) is 5.57. The molecule has 3 aromatic rings. The summed E-state index contributed by atoms with van der Waals surface area (Å²) in [6.45, 7) is 0.881. The van der Waals surface area contributed by atoms with Gasteiger partial charge < -0.3 is 21.3 Å². The molecule has 37 heavy (non-hydrogen) atoms. The summed E-state index contributed by atoms with van der Waals surface area (Å²) in [6.07, 6.45) is 1.36. The van der Waals surface area contributed by atoms with Gasteiger partial charge in [0.25, 0.3) is 11.8 Å². The second-order valence-electron chi connectivity index (χ2n) is 9.50. The SMILES string of the molecule is NC(=O)C1CCN(C(=O)c2ccccc2NC2(Cc3cccc(Cl)c3)C(=O)Nc3cc(Cl)ccc32)CC1. The minimum absolute atomic E-state index is 0.168. The maximum Gasteiger partial charge on any atom is 0.255 e. The van der Waals surface area contributed by atoms with Gasteiger partial charge in [-0.05, 0) is 54.8 Å². The third-order valence-corrected chi connectivity index (χ3v) is 7.60. The first-order chi connectivity index (χ1) is 17.8. The number of nitrogens with one attached hydrogen (secondary N) is 2. The van der Waals surface area contributed by atoms with Crippen molar-refractivity contribution in [3.8, 4) is 0 Å². The zero-order valence-electron chi connectivity index (χ0n) is 20.0. The van der Waals surface area contributed by atoms with Gasteiger partial charge >= 0.3 is 0 Å². The predicted molar refractivity (Wildman–Crippen MR) is 145 cm³/mol. The van der Waals surface area contributed by atoms with Gasteiger partial charge in [-0.2, -0.15) is 0 Å². The topological polar surface area (TPSA) is 105 Å². The van der Waals surface area contributed by atoms with E-state index < -0.39 is 5.54 Å². The fourth-order valence-electron chi connectivity index (χ4n) is 5.19. The van der Waals surface area contributed by atoms with E-state index >= 15 is 0 Å². The fraction of sp³-hybridized carbons (Fsp3) is 0.250. The molecule has 190 valence electrons. The standard InChI is InChI=1S/C28H26Cl2N4O3/c29-19-5-3-4-17(14-19)16-28(22-9-8-20(30)15-24(22)32-27(28)37)33-23-7-2-1-6-21(23)26(36)34-12-10-18(11-13-34)25(31)35/h1-9,14-15,18,33H,10-13,16H2,(H2,31,35)(H,32,37). The largest absolute Gasteiger partial charge is 0.369 e. The van der Waals surface area contributed by atoms with Gasteiger partial charge in [0.2, 0.25) is 5.91 Å². The molecular formula is C28H26Cl2N4O3. The molecule has 0 aliphatic carbocycles. The van der Waals surface area contributed by atoms with E-state index in [0.717, 1.165) is 11.1 Å². The number of amides is 3. The predicted octanol–water partition coefficient (Wildman–Crippen LogP) is 4.83. The van der Waals surface area contributed by atoms with Crippen LogP contribution in [0.4, 0.5) is 11.4 Å². The van der Waals surface area contributed by atoms with Gasteiger partial charge in [0.05, 0.1) is 5.56 Å². The van der Waals surface area contributed by atoms with E-state index in [1.807, 2.05) is 30.3 Å². The molecule has 3 aromatic carbocycles. The van der Waals surface area contributed by atoms with Crippen LogP contribution in [0.1, 0.15) is 34.3 Å². The van der Waals surface area contributed by atoms with Gasteiger partial charge in [-0.25, -0.2) is 0 Å². The number of hydrogen-bond donors (Lipinski definition) is 3. The van der Waals surface area contributed by atoms with Crippen molar-refractivity contribution >= 4 is 52.3 Å². The summed E-state index contributed by atoms with van der Waals surface area (Å²) >= 11 is 12.5. The molecule has 1 fully saturated rings. The van der Waals surface area contributed by atoms with E-state index in [4.69, 9.17) is 28.9 Å². The summed E-state index contributed by atoms with van der Waals surface area (Å²) in [7, 11) is 0. The average Bonchev–Trinajstić information content (AvgIpc) is 3.13. The lowest BCUT2D eigenvalue weighted by Crippen LogP contribution is -2.45. The van der Waals surface area contributed by atoms with Gasteiger partial charge in [-0.3, -0.25) is 14.4 Å². The third-order valence-electron chi connectivity index (χ3n) is 7.13. The van der Waals surface area contributed by atoms with Crippen LogP contribution in [0.3, 0.4) is 0 Å². The summed E-state index contributed by atoms with van der Waals surface area (Å²) in [5.41, 5.74) is 7.43. The molecule has 9 heteroatoms. The Morgan fingerprint density at radius 1 is 1.00 bits per heavy atom. The Morgan fingerprint density at radius 3 is 2.46 bits per heavy atom. The summed E-state index contributed by atoms with van der Waals surface area (Å²) in [5, 5.41) is 7.47. The highest BCUT2D eigenvalue weighted by atomic mass is 35.5.